The summed E-state index contributed by atoms with van der Waals surface area (Å²) >= 11 is 0. The highest BCUT2D eigenvalue weighted by Gasteiger charge is 2.15. The van der Waals surface area contributed by atoms with Gasteiger partial charge in [0.15, 0.2) is 0 Å². The van der Waals surface area contributed by atoms with Crippen molar-refractivity contribution >= 4 is 5.91 Å². The van der Waals surface area contributed by atoms with Crippen LogP contribution in [0.15, 0.2) is 42.6 Å². The molecule has 21 heavy (non-hydrogen) atoms. The molecule has 2 aromatic rings. The van der Waals surface area contributed by atoms with Crippen molar-refractivity contribution < 1.29 is 9.90 Å². The molecule has 1 N–H and O–H groups in total. The lowest BCUT2D eigenvalue weighted by molar-refractivity contribution is 0.0775. The molecule has 1 amide bonds. The van der Waals surface area contributed by atoms with Gasteiger partial charge in [-0.2, -0.15) is 0 Å². The SMILES string of the molecule is CN(Cc1ccccc1C#CCO)C(=O)c1cccn1C. The van der Waals surface area contributed by atoms with Crippen LogP contribution in [0.1, 0.15) is 21.6 Å². The zero-order valence-corrected chi connectivity index (χ0v) is 12.2. The number of aromatic nitrogens is 1. The number of nitrogens with zero attached hydrogens (tertiary/aromatic N) is 2. The Hall–Kier alpha value is -2.51. The van der Waals surface area contributed by atoms with Gasteiger partial charge < -0.3 is 14.6 Å². The van der Waals surface area contributed by atoms with Crippen LogP contribution < -0.4 is 0 Å². The van der Waals surface area contributed by atoms with E-state index >= 15 is 0 Å². The molecule has 0 unspecified atom stereocenters. The van der Waals surface area contributed by atoms with E-state index in [9.17, 15) is 4.79 Å². The molecule has 0 aliphatic rings. The van der Waals surface area contributed by atoms with E-state index in [-0.39, 0.29) is 12.5 Å². The van der Waals surface area contributed by atoms with Crippen LogP contribution in [0.2, 0.25) is 0 Å². The Balaban J connectivity index is 2.18. The Morgan fingerprint density at radius 3 is 2.71 bits per heavy atom. The molecule has 0 bridgehead atoms. The van der Waals surface area contributed by atoms with Gasteiger partial charge in [-0.15, -0.1) is 0 Å². The third kappa shape index (κ3) is 3.53. The highest BCUT2D eigenvalue weighted by molar-refractivity contribution is 5.92. The van der Waals surface area contributed by atoms with E-state index in [2.05, 4.69) is 11.8 Å². The molecule has 1 aromatic heterocycles. The molecular formula is C17H18N2O2. The first-order chi connectivity index (χ1) is 10.1. The molecule has 1 aromatic carbocycles. The number of aliphatic hydroxyl groups excluding tert-OH is 1. The van der Waals surface area contributed by atoms with E-state index in [0.29, 0.717) is 12.2 Å². The summed E-state index contributed by atoms with van der Waals surface area (Å²) in [6.07, 6.45) is 1.85. The zero-order chi connectivity index (χ0) is 15.2. The van der Waals surface area contributed by atoms with Crippen LogP contribution in [-0.4, -0.2) is 34.1 Å². The highest BCUT2D eigenvalue weighted by atomic mass is 16.2. The number of amides is 1. The fraction of sp³-hybridized carbons (Fsp3) is 0.235. The van der Waals surface area contributed by atoms with Crippen LogP contribution in [-0.2, 0) is 13.6 Å². The van der Waals surface area contributed by atoms with Crippen LogP contribution in [0.3, 0.4) is 0 Å². The van der Waals surface area contributed by atoms with Crippen molar-refractivity contribution in [1.82, 2.24) is 9.47 Å². The molecular weight excluding hydrogens is 264 g/mol. The number of rotatable bonds is 3. The van der Waals surface area contributed by atoms with Gasteiger partial charge in [-0.25, -0.2) is 0 Å². The standard InChI is InChI=1S/C17H18N2O2/c1-18-11-5-10-16(18)17(21)19(2)13-15-8-4-3-7-14(15)9-6-12-20/h3-5,7-8,10-11,20H,12-13H2,1-2H3. The van der Waals surface area contributed by atoms with Crippen molar-refractivity contribution in [3.8, 4) is 11.8 Å². The topological polar surface area (TPSA) is 45.5 Å². The quantitative estimate of drug-likeness (QED) is 0.870. The Bertz CT molecular complexity index is 692. The third-order valence-corrected chi connectivity index (χ3v) is 3.24. The normalized spacial score (nSPS) is 9.86. The Kier molecular flexibility index (Phi) is 4.81. The molecule has 0 radical (unpaired) electrons. The van der Waals surface area contributed by atoms with Gasteiger partial charge in [0.25, 0.3) is 5.91 Å². The van der Waals surface area contributed by atoms with E-state index in [1.807, 2.05) is 43.6 Å². The minimum Gasteiger partial charge on any atom is -0.384 e. The first-order valence-electron chi connectivity index (χ1n) is 6.68. The zero-order valence-electron chi connectivity index (χ0n) is 12.2. The smallest absolute Gasteiger partial charge is 0.270 e. The van der Waals surface area contributed by atoms with Gasteiger partial charge in [-0.05, 0) is 23.8 Å². The van der Waals surface area contributed by atoms with E-state index in [0.717, 1.165) is 11.1 Å². The van der Waals surface area contributed by atoms with E-state index < -0.39 is 0 Å². The lowest BCUT2D eigenvalue weighted by Gasteiger charge is -2.18. The third-order valence-electron chi connectivity index (χ3n) is 3.24. The largest absolute Gasteiger partial charge is 0.384 e. The fourth-order valence-corrected chi connectivity index (χ4v) is 2.12. The Morgan fingerprint density at radius 2 is 2.05 bits per heavy atom. The summed E-state index contributed by atoms with van der Waals surface area (Å²) in [6, 6.07) is 11.3. The van der Waals surface area contributed by atoms with Crippen LogP contribution in [0.5, 0.6) is 0 Å². The number of carbonyl (C=O) groups is 1. The van der Waals surface area contributed by atoms with Crippen molar-refractivity contribution in [3.05, 3.63) is 59.4 Å². The second-order valence-electron chi connectivity index (χ2n) is 4.78. The van der Waals surface area contributed by atoms with E-state index in [1.54, 1.807) is 22.6 Å². The monoisotopic (exact) mass is 282 g/mol. The van der Waals surface area contributed by atoms with Crippen LogP contribution in [0.4, 0.5) is 0 Å². The summed E-state index contributed by atoms with van der Waals surface area (Å²) in [7, 11) is 3.62. The van der Waals surface area contributed by atoms with Crippen molar-refractivity contribution in [2.24, 2.45) is 7.05 Å². The molecule has 1 heterocycles. The first kappa shape index (κ1) is 14.9. The van der Waals surface area contributed by atoms with Crippen LogP contribution >= 0.6 is 0 Å². The van der Waals surface area contributed by atoms with Gasteiger partial charge in [0, 0.05) is 32.4 Å². The summed E-state index contributed by atoms with van der Waals surface area (Å²) in [5, 5.41) is 8.80. The number of hydrogen-bond donors (Lipinski definition) is 1. The van der Waals surface area contributed by atoms with Crippen LogP contribution in [0.25, 0.3) is 0 Å². The average molecular weight is 282 g/mol. The second kappa shape index (κ2) is 6.78. The minimum absolute atomic E-state index is 0.0348. The molecule has 0 spiro atoms. The maximum absolute atomic E-state index is 12.4. The molecule has 108 valence electrons. The van der Waals surface area contributed by atoms with Gasteiger partial charge in [0.2, 0.25) is 0 Å². The van der Waals surface area contributed by atoms with Crippen molar-refractivity contribution in [2.75, 3.05) is 13.7 Å². The summed E-state index contributed by atoms with van der Waals surface area (Å²) in [6.45, 7) is 0.298. The van der Waals surface area contributed by atoms with Gasteiger partial charge in [0.05, 0.1) is 0 Å². The minimum atomic E-state index is -0.174. The number of aryl methyl sites for hydroxylation is 1. The maximum atomic E-state index is 12.4. The van der Waals surface area contributed by atoms with Crippen molar-refractivity contribution in [2.45, 2.75) is 6.54 Å². The summed E-state index contributed by atoms with van der Waals surface area (Å²) < 4.78 is 1.80. The summed E-state index contributed by atoms with van der Waals surface area (Å²) in [5.74, 6) is 5.52. The first-order valence-corrected chi connectivity index (χ1v) is 6.68. The molecule has 0 saturated heterocycles. The molecule has 0 saturated carbocycles. The Morgan fingerprint density at radius 1 is 1.29 bits per heavy atom. The van der Waals surface area contributed by atoms with Gasteiger partial charge in [0.1, 0.15) is 12.3 Å². The average Bonchev–Trinajstić information content (AvgIpc) is 2.91. The molecule has 2 rings (SSSR count). The summed E-state index contributed by atoms with van der Waals surface area (Å²) in [4.78, 5) is 14.0. The van der Waals surface area contributed by atoms with Crippen LogP contribution in [0, 0.1) is 11.8 Å². The predicted molar refractivity (Wildman–Crippen MR) is 81.6 cm³/mol. The second-order valence-corrected chi connectivity index (χ2v) is 4.78. The fourth-order valence-electron chi connectivity index (χ4n) is 2.12. The molecule has 0 fully saturated rings. The number of hydrogen-bond acceptors (Lipinski definition) is 2. The summed E-state index contributed by atoms with van der Waals surface area (Å²) in [5.41, 5.74) is 2.44. The molecule has 0 atom stereocenters. The van der Waals surface area contributed by atoms with Gasteiger partial charge in [-0.1, -0.05) is 30.0 Å². The van der Waals surface area contributed by atoms with Crippen molar-refractivity contribution in [3.63, 3.8) is 0 Å². The molecule has 4 nitrogen and oxygen atoms in total. The highest BCUT2D eigenvalue weighted by Crippen LogP contribution is 2.12. The van der Waals surface area contributed by atoms with E-state index in [4.69, 9.17) is 5.11 Å². The number of benzene rings is 1. The van der Waals surface area contributed by atoms with Crippen molar-refractivity contribution in [1.29, 1.82) is 0 Å². The lowest BCUT2D eigenvalue weighted by atomic mass is 10.1. The molecule has 0 aliphatic heterocycles. The lowest BCUT2D eigenvalue weighted by Crippen LogP contribution is -2.28. The Labute approximate surface area is 124 Å². The van der Waals surface area contributed by atoms with Gasteiger partial charge >= 0.3 is 0 Å². The number of carbonyl (C=O) groups excluding carboxylic acids is 1. The predicted octanol–water partition coefficient (Wildman–Crippen LogP) is 1.64. The number of aliphatic hydroxyl groups is 1. The maximum Gasteiger partial charge on any atom is 0.270 e. The molecule has 4 heteroatoms. The molecule has 0 aliphatic carbocycles. The van der Waals surface area contributed by atoms with E-state index in [1.165, 1.54) is 0 Å². The van der Waals surface area contributed by atoms with Gasteiger partial charge in [-0.3, -0.25) is 4.79 Å².